The number of benzene rings is 4. The van der Waals surface area contributed by atoms with Crippen LogP contribution in [0.25, 0.3) is 11.1 Å². The summed E-state index contributed by atoms with van der Waals surface area (Å²) < 4.78 is 48.4. The Labute approximate surface area is 252 Å². The monoisotopic (exact) mass is 656 g/mol. The Morgan fingerprint density at radius 2 is 1.35 bits per heavy atom. The number of alkyl halides is 3. The first-order valence-corrected chi connectivity index (χ1v) is 13.6. The molecular formula is C31H24BrF3N2O6. The van der Waals surface area contributed by atoms with Crippen LogP contribution in [0.5, 0.6) is 11.5 Å². The number of hydrogen-bond donors (Lipinski definition) is 3. The summed E-state index contributed by atoms with van der Waals surface area (Å²) in [6.07, 6.45) is -5.10. The van der Waals surface area contributed by atoms with Crippen molar-refractivity contribution >= 4 is 39.5 Å². The molecular weight excluding hydrogens is 633 g/mol. The molecule has 8 nitrogen and oxygen atoms in total. The first-order valence-electron chi connectivity index (χ1n) is 12.8. The van der Waals surface area contributed by atoms with Crippen molar-refractivity contribution in [1.82, 2.24) is 5.32 Å². The van der Waals surface area contributed by atoms with Crippen LogP contribution in [0.3, 0.4) is 0 Å². The van der Waals surface area contributed by atoms with Gasteiger partial charge in [0.05, 0.1) is 6.42 Å². The molecule has 1 unspecified atom stereocenters. The molecule has 0 aliphatic carbocycles. The van der Waals surface area contributed by atoms with Gasteiger partial charge in [-0.05, 0) is 77.4 Å². The number of halogens is 4. The maximum absolute atomic E-state index is 13.4. The number of carbonyl (C=O) groups excluding carboxylic acids is 2. The summed E-state index contributed by atoms with van der Waals surface area (Å²) in [6.45, 7) is -0.0414. The van der Waals surface area contributed by atoms with Crippen LogP contribution in [0.15, 0.2) is 102 Å². The Morgan fingerprint density at radius 3 is 1.91 bits per heavy atom. The van der Waals surface area contributed by atoms with Crippen molar-refractivity contribution in [3.63, 3.8) is 0 Å². The van der Waals surface area contributed by atoms with Crippen molar-refractivity contribution in [3.8, 4) is 22.6 Å². The van der Waals surface area contributed by atoms with Gasteiger partial charge >= 0.3 is 18.3 Å². The number of carbonyl (C=O) groups is 3. The molecule has 0 fully saturated rings. The number of esters is 1. The second-order valence-corrected chi connectivity index (χ2v) is 10.0. The Balaban J connectivity index is 1.52. The first-order chi connectivity index (χ1) is 20.5. The van der Waals surface area contributed by atoms with Crippen molar-refractivity contribution in [2.24, 2.45) is 0 Å². The van der Waals surface area contributed by atoms with Crippen molar-refractivity contribution in [2.45, 2.75) is 18.8 Å². The number of hydrogen-bond acceptors (Lipinski definition) is 6. The van der Waals surface area contributed by atoms with Gasteiger partial charge in [-0.15, -0.1) is 13.2 Å². The lowest BCUT2D eigenvalue weighted by molar-refractivity contribution is -0.274. The number of nitrogens with one attached hydrogen (secondary N) is 2. The minimum Gasteiger partial charge on any atom is -0.481 e. The quantitative estimate of drug-likeness (QED) is 0.118. The second-order valence-electron chi connectivity index (χ2n) is 9.12. The van der Waals surface area contributed by atoms with Gasteiger partial charge in [-0.2, -0.15) is 0 Å². The van der Waals surface area contributed by atoms with E-state index in [9.17, 15) is 27.6 Å². The highest BCUT2D eigenvalue weighted by Crippen LogP contribution is 2.29. The maximum atomic E-state index is 13.4. The smallest absolute Gasteiger partial charge is 0.481 e. The first kappa shape index (κ1) is 31.1. The molecule has 4 rings (SSSR count). The Morgan fingerprint density at radius 1 is 0.791 bits per heavy atom. The summed E-state index contributed by atoms with van der Waals surface area (Å²) in [7, 11) is 0. The van der Waals surface area contributed by atoms with Crippen LogP contribution in [-0.4, -0.2) is 35.9 Å². The van der Waals surface area contributed by atoms with E-state index in [0.717, 1.165) is 27.7 Å². The second kappa shape index (κ2) is 13.9. The fourth-order valence-electron chi connectivity index (χ4n) is 3.94. The van der Waals surface area contributed by atoms with Gasteiger partial charge in [0, 0.05) is 22.3 Å². The van der Waals surface area contributed by atoms with E-state index in [0.29, 0.717) is 11.3 Å². The summed E-state index contributed by atoms with van der Waals surface area (Å²) >= 11 is 3.40. The van der Waals surface area contributed by atoms with Crippen LogP contribution in [0, 0.1) is 0 Å². The predicted molar refractivity (Wildman–Crippen MR) is 156 cm³/mol. The topological polar surface area (TPSA) is 114 Å². The molecule has 12 heteroatoms. The maximum Gasteiger partial charge on any atom is 0.573 e. The minimum atomic E-state index is -4.87. The normalized spacial score (nSPS) is 11.7. The Hall–Kier alpha value is -4.84. The third-order valence-corrected chi connectivity index (χ3v) is 6.54. The standard InChI is InChI=1S/C31H24BrF3N2O6/c32-23-9-1-19(2-10-23)20-5-13-25(14-6-20)42-30(41)28(21-7-15-26(16-8-21)43-31(33,34)35)37-24-11-3-22(4-12-24)29(40)36-18-17-27(38)39/h1-16,28,37H,17-18H2,(H,36,40)(H,38,39). The molecule has 1 amide bonds. The van der Waals surface area contributed by atoms with Crippen LogP contribution in [0.1, 0.15) is 28.4 Å². The molecule has 43 heavy (non-hydrogen) atoms. The molecule has 3 N–H and O–H groups in total. The largest absolute Gasteiger partial charge is 0.573 e. The molecule has 0 aliphatic heterocycles. The molecule has 1 atom stereocenters. The molecule has 4 aromatic carbocycles. The van der Waals surface area contributed by atoms with Crippen LogP contribution >= 0.6 is 15.9 Å². The number of amides is 1. The van der Waals surface area contributed by atoms with Crippen LogP contribution in [0.4, 0.5) is 18.9 Å². The zero-order valence-corrected chi connectivity index (χ0v) is 23.8. The lowest BCUT2D eigenvalue weighted by Gasteiger charge is -2.20. The van der Waals surface area contributed by atoms with Crippen molar-refractivity contribution in [3.05, 3.63) is 113 Å². The number of carboxylic acids is 1. The van der Waals surface area contributed by atoms with E-state index in [2.05, 4.69) is 31.3 Å². The highest BCUT2D eigenvalue weighted by Gasteiger charge is 2.31. The van der Waals surface area contributed by atoms with E-state index in [4.69, 9.17) is 9.84 Å². The zero-order valence-electron chi connectivity index (χ0n) is 22.2. The molecule has 4 aromatic rings. The van der Waals surface area contributed by atoms with E-state index < -0.39 is 36.0 Å². The van der Waals surface area contributed by atoms with Gasteiger partial charge in [-0.3, -0.25) is 9.59 Å². The Bertz CT molecular complexity index is 1560. The number of rotatable bonds is 11. The number of ether oxygens (including phenoxy) is 2. The molecule has 0 aliphatic rings. The molecule has 222 valence electrons. The average molecular weight is 657 g/mol. The molecule has 0 bridgehead atoms. The van der Waals surface area contributed by atoms with Crippen molar-refractivity contribution in [1.29, 1.82) is 0 Å². The Kier molecular flexibility index (Phi) is 10.0. The number of anilines is 1. The van der Waals surface area contributed by atoms with Gasteiger partial charge in [0.2, 0.25) is 0 Å². The van der Waals surface area contributed by atoms with Crippen LogP contribution in [0.2, 0.25) is 0 Å². The van der Waals surface area contributed by atoms with Gasteiger partial charge < -0.3 is 25.2 Å². The summed E-state index contributed by atoms with van der Waals surface area (Å²) in [5.74, 6) is -2.46. The number of carboxylic acid groups (broad SMARTS) is 1. The summed E-state index contributed by atoms with van der Waals surface area (Å²) in [5.41, 5.74) is 2.82. The van der Waals surface area contributed by atoms with E-state index in [-0.39, 0.29) is 24.3 Å². The highest BCUT2D eigenvalue weighted by atomic mass is 79.9. The molecule has 0 saturated carbocycles. The average Bonchev–Trinajstić information content (AvgIpc) is 2.96. The molecule has 0 heterocycles. The molecule has 0 radical (unpaired) electrons. The lowest BCUT2D eigenvalue weighted by atomic mass is 10.1. The summed E-state index contributed by atoms with van der Waals surface area (Å²) in [6, 6.07) is 24.2. The molecule has 0 saturated heterocycles. The fourth-order valence-corrected chi connectivity index (χ4v) is 4.21. The summed E-state index contributed by atoms with van der Waals surface area (Å²) in [4.78, 5) is 36.3. The predicted octanol–water partition coefficient (Wildman–Crippen LogP) is 6.98. The van der Waals surface area contributed by atoms with Gasteiger partial charge in [-0.1, -0.05) is 52.3 Å². The van der Waals surface area contributed by atoms with E-state index >= 15 is 0 Å². The molecule has 0 aromatic heterocycles. The zero-order chi connectivity index (χ0) is 31.0. The minimum absolute atomic E-state index is 0.0414. The van der Waals surface area contributed by atoms with E-state index in [1.807, 2.05) is 24.3 Å². The van der Waals surface area contributed by atoms with Gasteiger partial charge in [0.1, 0.15) is 11.5 Å². The van der Waals surface area contributed by atoms with Gasteiger partial charge in [0.15, 0.2) is 6.04 Å². The molecule has 0 spiro atoms. The fraction of sp³-hybridized carbons (Fsp3) is 0.129. The lowest BCUT2D eigenvalue weighted by Crippen LogP contribution is -2.26. The van der Waals surface area contributed by atoms with Crippen LogP contribution in [-0.2, 0) is 9.59 Å². The van der Waals surface area contributed by atoms with E-state index in [1.54, 1.807) is 24.3 Å². The third-order valence-electron chi connectivity index (χ3n) is 6.02. The van der Waals surface area contributed by atoms with E-state index in [1.165, 1.54) is 36.4 Å². The SMILES string of the molecule is O=C(O)CCNC(=O)c1ccc(NC(C(=O)Oc2ccc(-c3ccc(Br)cc3)cc2)c2ccc(OC(F)(F)F)cc2)cc1. The van der Waals surface area contributed by atoms with Crippen LogP contribution < -0.4 is 20.1 Å². The third kappa shape index (κ3) is 9.33. The van der Waals surface area contributed by atoms with Crippen molar-refractivity contribution < 1.29 is 42.1 Å². The highest BCUT2D eigenvalue weighted by molar-refractivity contribution is 9.10. The number of aliphatic carboxylic acids is 1. The van der Waals surface area contributed by atoms with Gasteiger partial charge in [-0.25, -0.2) is 4.79 Å². The summed E-state index contributed by atoms with van der Waals surface area (Å²) in [5, 5.41) is 14.2. The van der Waals surface area contributed by atoms with Crippen molar-refractivity contribution in [2.75, 3.05) is 11.9 Å². The van der Waals surface area contributed by atoms with Gasteiger partial charge in [0.25, 0.3) is 5.91 Å².